The largest absolute Gasteiger partial charge is 0.360 e. The maximum atomic E-state index is 5.24. The second kappa shape index (κ2) is 14.6. The molecule has 3 aliphatic rings. The number of hydrogen-bond acceptors (Lipinski definition) is 3. The van der Waals surface area contributed by atoms with Gasteiger partial charge >= 0.3 is 0 Å². The minimum Gasteiger partial charge on any atom is -0.360 e. The van der Waals surface area contributed by atoms with Crippen LogP contribution in [-0.2, 0) is 5.41 Å². The lowest BCUT2D eigenvalue weighted by molar-refractivity contribution is 0.664. The lowest BCUT2D eigenvalue weighted by atomic mass is 9.64. The number of nitrogens with zero attached hydrogens (tertiary/aromatic N) is 2. The molecule has 0 bridgehead atoms. The molecule has 1 atom stereocenters. The molecule has 3 nitrogen and oxygen atoms in total. The zero-order chi connectivity index (χ0) is 41.0. The van der Waals surface area contributed by atoms with Crippen molar-refractivity contribution in [2.45, 2.75) is 11.6 Å². The number of rotatable bonds is 6. The van der Waals surface area contributed by atoms with Gasteiger partial charge in [0.25, 0.3) is 0 Å². The molecule has 0 saturated carbocycles. The fourth-order valence-corrected chi connectivity index (χ4v) is 10.2. The summed E-state index contributed by atoms with van der Waals surface area (Å²) >= 11 is 0. The highest BCUT2D eigenvalue weighted by Crippen LogP contribution is 2.63. The standard InChI is InChI=1S/C59H41N3/c1-4-18-41(19-5-1)54-39-55(42-20-6-2-7-21-42)61-58(60-54)43-34-32-40(33-35-43)46-24-10-11-25-47(46)44-36-37-49-48-26-12-13-27-50(48)59(53(49)38-44)51-28-14-16-30-56(51)62(45-22-8-3-9-23-45)57-31-17-15-29-52(57)59/h1-39,58,60H. The van der Waals surface area contributed by atoms with Gasteiger partial charge in [-0.25, -0.2) is 0 Å². The molecule has 292 valence electrons. The molecular formula is C59H41N3. The Hall–Kier alpha value is -8.01. The molecule has 0 radical (unpaired) electrons. The van der Waals surface area contributed by atoms with Crippen molar-refractivity contribution in [2.24, 2.45) is 4.99 Å². The van der Waals surface area contributed by atoms with Crippen LogP contribution in [0, 0.1) is 0 Å². The highest BCUT2D eigenvalue weighted by molar-refractivity contribution is 6.13. The van der Waals surface area contributed by atoms with E-state index in [1.807, 2.05) is 6.07 Å². The van der Waals surface area contributed by atoms with Crippen LogP contribution in [0.25, 0.3) is 39.1 Å². The summed E-state index contributed by atoms with van der Waals surface area (Å²) in [5.41, 5.74) is 20.9. The molecule has 0 amide bonds. The Balaban J connectivity index is 0.972. The van der Waals surface area contributed by atoms with Crippen LogP contribution in [-0.4, -0.2) is 5.71 Å². The molecule has 1 unspecified atom stereocenters. The Labute approximate surface area is 362 Å². The number of allylic oxidation sites excluding steroid dienone is 1. The van der Waals surface area contributed by atoms with E-state index in [0.717, 1.165) is 39.3 Å². The average Bonchev–Trinajstić information content (AvgIpc) is 3.65. The third-order valence-electron chi connectivity index (χ3n) is 12.9. The van der Waals surface area contributed by atoms with Crippen LogP contribution in [0.4, 0.5) is 17.1 Å². The van der Waals surface area contributed by atoms with Gasteiger partial charge in [-0.3, -0.25) is 4.99 Å². The summed E-state index contributed by atoms with van der Waals surface area (Å²) in [6.07, 6.45) is 1.93. The van der Waals surface area contributed by atoms with E-state index in [0.29, 0.717) is 0 Å². The molecule has 9 aromatic carbocycles. The number of aliphatic imine (C=N–C) groups is 1. The van der Waals surface area contributed by atoms with Crippen molar-refractivity contribution in [3.05, 3.63) is 276 Å². The van der Waals surface area contributed by atoms with Gasteiger partial charge in [-0.1, -0.05) is 200 Å². The molecule has 1 spiro atoms. The van der Waals surface area contributed by atoms with E-state index in [2.05, 4.69) is 241 Å². The van der Waals surface area contributed by atoms with Crippen LogP contribution >= 0.6 is 0 Å². The Morgan fingerprint density at radius 3 is 1.55 bits per heavy atom. The predicted molar refractivity (Wildman–Crippen MR) is 256 cm³/mol. The van der Waals surface area contributed by atoms with Gasteiger partial charge < -0.3 is 10.2 Å². The molecule has 1 N–H and O–H groups in total. The third-order valence-corrected chi connectivity index (χ3v) is 12.9. The van der Waals surface area contributed by atoms with E-state index in [-0.39, 0.29) is 6.17 Å². The van der Waals surface area contributed by atoms with Gasteiger partial charge in [0.1, 0.15) is 6.17 Å². The van der Waals surface area contributed by atoms with Gasteiger partial charge in [-0.15, -0.1) is 0 Å². The molecule has 62 heavy (non-hydrogen) atoms. The van der Waals surface area contributed by atoms with Gasteiger partial charge in [0, 0.05) is 11.4 Å². The molecular weight excluding hydrogens is 751 g/mol. The minimum absolute atomic E-state index is 0.233. The summed E-state index contributed by atoms with van der Waals surface area (Å²) in [7, 11) is 0. The smallest absolute Gasteiger partial charge is 0.145 e. The number of nitrogens with one attached hydrogen (secondary N) is 1. The number of para-hydroxylation sites is 3. The monoisotopic (exact) mass is 791 g/mol. The molecule has 0 saturated heterocycles. The van der Waals surface area contributed by atoms with Crippen molar-refractivity contribution >= 4 is 28.5 Å². The van der Waals surface area contributed by atoms with E-state index < -0.39 is 5.41 Å². The van der Waals surface area contributed by atoms with E-state index in [9.17, 15) is 0 Å². The number of hydrogen-bond donors (Lipinski definition) is 1. The summed E-state index contributed by atoms with van der Waals surface area (Å²) < 4.78 is 0. The SMILES string of the molecule is C1=C(c2ccccc2)NC(c2ccc(-c3ccccc3-c3ccc4c(c3)C3(c5ccccc5-4)c4ccccc4N(c4ccccc4)c4ccccc43)cc2)N=C1c1ccccc1. The zero-order valence-electron chi connectivity index (χ0n) is 34.0. The van der Waals surface area contributed by atoms with Gasteiger partial charge in [0.05, 0.1) is 22.5 Å². The number of fused-ring (bicyclic) bond motifs is 9. The molecule has 3 heteroatoms. The Bertz CT molecular complexity index is 3160. The Kier molecular flexibility index (Phi) is 8.46. The minimum atomic E-state index is -0.518. The van der Waals surface area contributed by atoms with Crippen molar-refractivity contribution in [2.75, 3.05) is 4.90 Å². The van der Waals surface area contributed by atoms with Crippen LogP contribution in [0.15, 0.2) is 242 Å². The van der Waals surface area contributed by atoms with Gasteiger partial charge in [0.2, 0.25) is 0 Å². The summed E-state index contributed by atoms with van der Waals surface area (Å²) in [5.74, 6) is 0. The summed E-state index contributed by atoms with van der Waals surface area (Å²) in [6, 6.07) is 83.8. The van der Waals surface area contributed by atoms with Crippen LogP contribution < -0.4 is 10.2 Å². The van der Waals surface area contributed by atoms with Crippen molar-refractivity contribution in [3.8, 4) is 33.4 Å². The molecule has 0 fully saturated rings. The fourth-order valence-electron chi connectivity index (χ4n) is 10.2. The first-order chi connectivity index (χ1) is 30.8. The van der Waals surface area contributed by atoms with Crippen LogP contribution in [0.1, 0.15) is 45.1 Å². The second-order valence-corrected chi connectivity index (χ2v) is 16.3. The van der Waals surface area contributed by atoms with Crippen LogP contribution in [0.3, 0.4) is 0 Å². The molecule has 9 aromatic rings. The van der Waals surface area contributed by atoms with Crippen molar-refractivity contribution in [1.29, 1.82) is 0 Å². The first-order valence-electron chi connectivity index (χ1n) is 21.4. The Morgan fingerprint density at radius 1 is 0.387 bits per heavy atom. The molecule has 12 rings (SSSR count). The molecule has 0 aromatic heterocycles. The summed E-state index contributed by atoms with van der Waals surface area (Å²) in [4.78, 5) is 7.68. The van der Waals surface area contributed by atoms with Crippen LogP contribution in [0.2, 0.25) is 0 Å². The maximum absolute atomic E-state index is 5.24. The summed E-state index contributed by atoms with van der Waals surface area (Å²) in [6.45, 7) is 0. The first kappa shape index (κ1) is 35.9. The van der Waals surface area contributed by atoms with E-state index in [1.54, 1.807) is 0 Å². The second-order valence-electron chi connectivity index (χ2n) is 16.3. The van der Waals surface area contributed by atoms with Crippen molar-refractivity contribution in [1.82, 2.24) is 5.32 Å². The average molecular weight is 792 g/mol. The van der Waals surface area contributed by atoms with Crippen molar-refractivity contribution < 1.29 is 0 Å². The van der Waals surface area contributed by atoms with Gasteiger partial charge in [0.15, 0.2) is 0 Å². The first-order valence-corrected chi connectivity index (χ1v) is 21.4. The molecule has 2 aliphatic heterocycles. The zero-order valence-corrected chi connectivity index (χ0v) is 34.0. The van der Waals surface area contributed by atoms with E-state index in [4.69, 9.17) is 4.99 Å². The highest BCUT2D eigenvalue weighted by Gasteiger charge is 2.51. The molecule has 2 heterocycles. The number of benzene rings is 9. The lowest BCUT2D eigenvalue weighted by Gasteiger charge is -2.45. The molecule has 1 aliphatic carbocycles. The number of anilines is 3. The fraction of sp³-hybridized carbons (Fsp3) is 0.0339. The topological polar surface area (TPSA) is 27.6 Å². The summed E-state index contributed by atoms with van der Waals surface area (Å²) in [5, 5.41) is 3.74. The van der Waals surface area contributed by atoms with Crippen LogP contribution in [0.5, 0.6) is 0 Å². The lowest BCUT2D eigenvalue weighted by Crippen LogP contribution is -2.36. The normalized spacial score (nSPS) is 15.4. The predicted octanol–water partition coefficient (Wildman–Crippen LogP) is 14.3. The maximum Gasteiger partial charge on any atom is 0.145 e. The van der Waals surface area contributed by atoms with Gasteiger partial charge in [-0.2, -0.15) is 0 Å². The third kappa shape index (κ3) is 5.63. The highest BCUT2D eigenvalue weighted by atomic mass is 15.2. The quantitative estimate of drug-likeness (QED) is 0.182. The van der Waals surface area contributed by atoms with E-state index in [1.165, 1.54) is 61.4 Å². The van der Waals surface area contributed by atoms with E-state index >= 15 is 0 Å². The Morgan fingerprint density at radius 2 is 0.887 bits per heavy atom. The van der Waals surface area contributed by atoms with Gasteiger partial charge in [-0.05, 0) is 109 Å². The van der Waals surface area contributed by atoms with Crippen molar-refractivity contribution in [3.63, 3.8) is 0 Å².